The number of rotatable bonds is 8. The monoisotopic (exact) mass is 369 g/mol. The van der Waals surface area contributed by atoms with Crippen LogP contribution in [0.4, 0.5) is 0 Å². The fourth-order valence-electron chi connectivity index (χ4n) is 2.72. The largest absolute Gasteiger partial charge is 0.493 e. The summed E-state index contributed by atoms with van der Waals surface area (Å²) in [6.07, 6.45) is 4.29. The van der Waals surface area contributed by atoms with Crippen molar-refractivity contribution >= 4 is 12.0 Å². The summed E-state index contributed by atoms with van der Waals surface area (Å²) >= 11 is 0. The molecule has 0 heterocycles. The van der Waals surface area contributed by atoms with Crippen molar-refractivity contribution in [1.29, 1.82) is 0 Å². The molecule has 0 saturated carbocycles. The second kappa shape index (κ2) is 9.67. The lowest BCUT2D eigenvalue weighted by atomic mass is 10.1. The minimum absolute atomic E-state index is 0.0803. The minimum atomic E-state index is -0.0803. The van der Waals surface area contributed by atoms with Crippen molar-refractivity contribution in [3.05, 3.63) is 59.2 Å². The van der Waals surface area contributed by atoms with Gasteiger partial charge in [0, 0.05) is 19.7 Å². The number of amides is 1. The Labute approximate surface area is 161 Å². The molecule has 5 heteroatoms. The molecule has 0 aliphatic carbocycles. The van der Waals surface area contributed by atoms with Gasteiger partial charge in [0.15, 0.2) is 11.5 Å². The first-order valence-electron chi connectivity index (χ1n) is 8.83. The molecule has 0 aliphatic heterocycles. The molecule has 0 fully saturated rings. The van der Waals surface area contributed by atoms with Gasteiger partial charge in [-0.1, -0.05) is 31.2 Å². The summed E-state index contributed by atoms with van der Waals surface area (Å²) in [4.78, 5) is 14.1. The Kier molecular flexibility index (Phi) is 7.29. The molecule has 2 aromatic rings. The maximum Gasteiger partial charge on any atom is 0.246 e. The molecule has 0 N–H and O–H groups in total. The lowest BCUT2D eigenvalue weighted by Crippen LogP contribution is -2.24. The molecule has 5 nitrogen and oxygen atoms in total. The number of carbonyl (C=O) groups is 1. The van der Waals surface area contributed by atoms with Crippen molar-refractivity contribution in [2.45, 2.75) is 19.9 Å². The summed E-state index contributed by atoms with van der Waals surface area (Å²) in [5, 5.41) is 0. The van der Waals surface area contributed by atoms with Crippen LogP contribution < -0.4 is 14.2 Å². The Morgan fingerprint density at radius 1 is 0.963 bits per heavy atom. The van der Waals surface area contributed by atoms with Crippen LogP contribution >= 0.6 is 0 Å². The van der Waals surface area contributed by atoms with E-state index in [9.17, 15) is 4.79 Å². The highest BCUT2D eigenvalue weighted by Gasteiger charge is 2.12. The molecule has 2 aromatic carbocycles. The maximum absolute atomic E-state index is 12.4. The topological polar surface area (TPSA) is 48.0 Å². The molecule has 0 atom stereocenters. The molecule has 2 rings (SSSR count). The van der Waals surface area contributed by atoms with E-state index in [1.54, 1.807) is 57.6 Å². The molecule has 0 saturated heterocycles. The summed E-state index contributed by atoms with van der Waals surface area (Å²) in [5.41, 5.74) is 3.18. The smallest absolute Gasteiger partial charge is 0.246 e. The number of likely N-dealkylation sites (N-methyl/N-ethyl adjacent to an activating group) is 1. The first-order valence-corrected chi connectivity index (χ1v) is 8.83. The summed E-state index contributed by atoms with van der Waals surface area (Å²) in [6.45, 7) is 2.68. The number of methoxy groups -OCH3 is 3. The van der Waals surface area contributed by atoms with Crippen LogP contribution in [0.1, 0.15) is 23.6 Å². The highest BCUT2D eigenvalue weighted by molar-refractivity contribution is 5.91. The molecule has 0 unspecified atom stereocenters. The molecular formula is C22H27NO4. The number of nitrogens with zero attached hydrogens (tertiary/aromatic N) is 1. The van der Waals surface area contributed by atoms with Crippen molar-refractivity contribution in [3.63, 3.8) is 0 Å². The van der Waals surface area contributed by atoms with E-state index < -0.39 is 0 Å². The molecule has 27 heavy (non-hydrogen) atoms. The van der Waals surface area contributed by atoms with Gasteiger partial charge >= 0.3 is 0 Å². The summed E-state index contributed by atoms with van der Waals surface area (Å²) in [6, 6.07) is 11.9. The van der Waals surface area contributed by atoms with Crippen LogP contribution in [0, 0.1) is 0 Å². The van der Waals surface area contributed by atoms with Gasteiger partial charge in [0.05, 0.1) is 21.3 Å². The van der Waals surface area contributed by atoms with Gasteiger partial charge in [-0.05, 0) is 41.3 Å². The average molecular weight is 369 g/mol. The van der Waals surface area contributed by atoms with Gasteiger partial charge in [-0.2, -0.15) is 0 Å². The van der Waals surface area contributed by atoms with E-state index in [1.165, 1.54) is 5.56 Å². The first-order chi connectivity index (χ1) is 13.0. The van der Waals surface area contributed by atoms with Crippen LogP contribution in [0.3, 0.4) is 0 Å². The second-order valence-electron chi connectivity index (χ2n) is 6.16. The normalized spacial score (nSPS) is 10.7. The van der Waals surface area contributed by atoms with Crippen LogP contribution in [-0.4, -0.2) is 39.2 Å². The summed E-state index contributed by atoms with van der Waals surface area (Å²) < 4.78 is 16.0. The zero-order chi connectivity index (χ0) is 19.8. The Hall–Kier alpha value is -2.95. The third-order valence-electron chi connectivity index (χ3n) is 4.33. The van der Waals surface area contributed by atoms with Crippen molar-refractivity contribution in [2.24, 2.45) is 0 Å². The molecule has 0 aliphatic rings. The standard InChI is InChI=1S/C22H27NO4/c1-6-16-7-9-17(10-8-16)15-23(2)21(24)12-11-18-13-19(25-3)22(27-5)20(14-18)26-4/h7-14H,6,15H2,1-5H3/b12-11+. The van der Waals surface area contributed by atoms with Gasteiger partial charge in [0.1, 0.15) is 0 Å². The number of hydrogen-bond acceptors (Lipinski definition) is 4. The number of benzene rings is 2. The van der Waals surface area contributed by atoms with E-state index in [1.807, 2.05) is 0 Å². The molecule has 0 radical (unpaired) electrons. The molecule has 144 valence electrons. The summed E-state index contributed by atoms with van der Waals surface area (Å²) in [5.74, 6) is 1.54. The third-order valence-corrected chi connectivity index (χ3v) is 4.33. The summed E-state index contributed by atoms with van der Waals surface area (Å²) in [7, 11) is 6.47. The van der Waals surface area contributed by atoms with Gasteiger partial charge < -0.3 is 19.1 Å². The second-order valence-corrected chi connectivity index (χ2v) is 6.16. The highest BCUT2D eigenvalue weighted by atomic mass is 16.5. The van der Waals surface area contributed by atoms with E-state index in [0.29, 0.717) is 23.8 Å². The third kappa shape index (κ3) is 5.26. The first kappa shape index (κ1) is 20.4. The van der Waals surface area contributed by atoms with Gasteiger partial charge in [-0.3, -0.25) is 4.79 Å². The maximum atomic E-state index is 12.4. The predicted octanol–water partition coefficient (Wildman–Crippen LogP) is 3.95. The molecular weight excluding hydrogens is 342 g/mol. The SMILES string of the molecule is CCc1ccc(CN(C)C(=O)/C=C/c2cc(OC)c(OC)c(OC)c2)cc1. The number of carbonyl (C=O) groups excluding carboxylic acids is 1. The van der Waals surface area contributed by atoms with E-state index in [0.717, 1.165) is 17.5 Å². The van der Waals surface area contributed by atoms with Crippen LogP contribution in [0.15, 0.2) is 42.5 Å². The van der Waals surface area contributed by atoms with Crippen LogP contribution in [0.2, 0.25) is 0 Å². The van der Waals surface area contributed by atoms with Crippen molar-refractivity contribution in [3.8, 4) is 17.2 Å². The fraction of sp³-hybridized carbons (Fsp3) is 0.318. The zero-order valence-electron chi connectivity index (χ0n) is 16.6. The van der Waals surface area contributed by atoms with Crippen molar-refractivity contribution < 1.29 is 19.0 Å². The van der Waals surface area contributed by atoms with Gasteiger partial charge in [0.2, 0.25) is 11.7 Å². The number of ether oxygens (including phenoxy) is 3. The number of aryl methyl sites for hydroxylation is 1. The van der Waals surface area contributed by atoms with Gasteiger partial charge in [-0.15, -0.1) is 0 Å². The van der Waals surface area contributed by atoms with Crippen molar-refractivity contribution in [2.75, 3.05) is 28.4 Å². The molecule has 0 aromatic heterocycles. The van der Waals surface area contributed by atoms with E-state index in [2.05, 4.69) is 31.2 Å². The zero-order valence-corrected chi connectivity index (χ0v) is 16.6. The molecule has 0 bridgehead atoms. The van der Waals surface area contributed by atoms with Crippen LogP contribution in [0.25, 0.3) is 6.08 Å². The van der Waals surface area contributed by atoms with Crippen LogP contribution in [0.5, 0.6) is 17.2 Å². The molecule has 0 spiro atoms. The van der Waals surface area contributed by atoms with E-state index in [4.69, 9.17) is 14.2 Å². The Balaban J connectivity index is 2.10. The average Bonchev–Trinajstić information content (AvgIpc) is 2.71. The predicted molar refractivity (Wildman–Crippen MR) is 107 cm³/mol. The Bertz CT molecular complexity index is 771. The van der Waals surface area contributed by atoms with Crippen LogP contribution in [-0.2, 0) is 17.8 Å². The van der Waals surface area contributed by atoms with E-state index in [-0.39, 0.29) is 5.91 Å². The lowest BCUT2D eigenvalue weighted by Gasteiger charge is -2.16. The van der Waals surface area contributed by atoms with Gasteiger partial charge in [-0.25, -0.2) is 0 Å². The Morgan fingerprint density at radius 3 is 2.00 bits per heavy atom. The number of hydrogen-bond donors (Lipinski definition) is 0. The lowest BCUT2D eigenvalue weighted by molar-refractivity contribution is -0.125. The Morgan fingerprint density at radius 2 is 1.52 bits per heavy atom. The minimum Gasteiger partial charge on any atom is -0.493 e. The quantitative estimate of drug-likeness (QED) is 0.661. The van der Waals surface area contributed by atoms with Gasteiger partial charge in [0.25, 0.3) is 0 Å². The highest BCUT2D eigenvalue weighted by Crippen LogP contribution is 2.38. The van der Waals surface area contributed by atoms with Crippen molar-refractivity contribution in [1.82, 2.24) is 4.90 Å². The van der Waals surface area contributed by atoms with E-state index >= 15 is 0 Å². The molecule has 1 amide bonds. The fourth-order valence-corrected chi connectivity index (χ4v) is 2.72.